The molecule has 2 aromatic heterocycles. The zero-order chi connectivity index (χ0) is 25.8. The first-order chi connectivity index (χ1) is 17.8. The minimum Gasteiger partial charge on any atom is -0.492 e. The summed E-state index contributed by atoms with van der Waals surface area (Å²) in [6, 6.07) is 12.0. The molecule has 1 fully saturated rings. The molecule has 4 aromatic rings. The fourth-order valence-electron chi connectivity index (χ4n) is 3.88. The molecule has 0 saturated carbocycles. The molecule has 0 aliphatic carbocycles. The molecule has 0 atom stereocenters. The molecule has 0 unspecified atom stereocenters. The minimum atomic E-state index is -4.38. The van der Waals surface area contributed by atoms with Crippen molar-refractivity contribution in [2.45, 2.75) is 12.7 Å². The van der Waals surface area contributed by atoms with Gasteiger partial charge in [0.05, 0.1) is 35.5 Å². The summed E-state index contributed by atoms with van der Waals surface area (Å²) < 4.78 is 51.8. The third-order valence-electron chi connectivity index (χ3n) is 5.86. The number of rotatable bonds is 8. The zero-order valence-corrected chi connectivity index (χ0v) is 20.5. The number of nitrogens with one attached hydrogen (secondary N) is 1. The summed E-state index contributed by atoms with van der Waals surface area (Å²) in [4.78, 5) is 19.4. The topological polar surface area (TPSA) is 81.5 Å². The monoisotopic (exact) mass is 531 g/mol. The third kappa shape index (κ3) is 6.45. The van der Waals surface area contributed by atoms with Crippen LogP contribution in [0, 0.1) is 0 Å². The van der Waals surface area contributed by atoms with Crippen molar-refractivity contribution < 1.29 is 27.4 Å². The van der Waals surface area contributed by atoms with E-state index in [2.05, 4.69) is 20.3 Å². The molecule has 1 aliphatic rings. The lowest BCUT2D eigenvalue weighted by atomic mass is 10.1. The molecule has 8 nitrogen and oxygen atoms in total. The van der Waals surface area contributed by atoms with Crippen molar-refractivity contribution in [1.29, 1.82) is 0 Å². The minimum absolute atomic E-state index is 0.179. The maximum Gasteiger partial charge on any atom is 0.416 e. The van der Waals surface area contributed by atoms with Crippen LogP contribution < -0.4 is 10.1 Å². The Labute approximate surface area is 214 Å². The number of benzene rings is 2. The van der Waals surface area contributed by atoms with Gasteiger partial charge in [-0.15, -0.1) is 0 Å². The van der Waals surface area contributed by atoms with Crippen LogP contribution in [0.4, 0.5) is 18.3 Å². The number of fused-ring (bicyclic) bond motifs is 1. The van der Waals surface area contributed by atoms with Crippen LogP contribution in [0.5, 0.6) is 5.75 Å². The number of nitrogens with zero attached hydrogens (tertiary/aromatic N) is 4. The number of aromatic nitrogens is 3. The first-order valence-corrected chi connectivity index (χ1v) is 12.5. The highest BCUT2D eigenvalue weighted by molar-refractivity contribution is 7.22. The number of morpholine rings is 1. The molecule has 1 amide bonds. The van der Waals surface area contributed by atoms with Gasteiger partial charge in [-0.05, 0) is 42.0 Å². The highest BCUT2D eigenvalue weighted by atomic mass is 32.1. The molecule has 1 saturated heterocycles. The summed E-state index contributed by atoms with van der Waals surface area (Å²) in [6.45, 7) is 4.96. The molecule has 12 heteroatoms. The predicted molar refractivity (Wildman–Crippen MR) is 133 cm³/mol. The Kier molecular flexibility index (Phi) is 7.40. The lowest BCUT2D eigenvalue weighted by Crippen LogP contribution is -2.38. The number of alkyl halides is 3. The Morgan fingerprint density at radius 2 is 1.89 bits per heavy atom. The fraction of sp³-hybridized carbons (Fsp3) is 0.320. The van der Waals surface area contributed by atoms with E-state index in [1.54, 1.807) is 12.3 Å². The van der Waals surface area contributed by atoms with Crippen LogP contribution in [0.15, 0.2) is 54.7 Å². The molecule has 194 valence electrons. The van der Waals surface area contributed by atoms with E-state index in [1.807, 2.05) is 18.2 Å². The van der Waals surface area contributed by atoms with Gasteiger partial charge in [0, 0.05) is 25.8 Å². The zero-order valence-electron chi connectivity index (χ0n) is 19.7. The van der Waals surface area contributed by atoms with Crippen molar-refractivity contribution in [3.63, 3.8) is 0 Å². The van der Waals surface area contributed by atoms with E-state index in [-0.39, 0.29) is 12.2 Å². The van der Waals surface area contributed by atoms with Gasteiger partial charge in [-0.2, -0.15) is 18.3 Å². The van der Waals surface area contributed by atoms with Gasteiger partial charge in [0.1, 0.15) is 12.4 Å². The molecular formula is C25H24F3N5O3S. The number of carbonyl (C=O) groups excluding carboxylic acids is 1. The summed E-state index contributed by atoms with van der Waals surface area (Å²) in [5.41, 5.74) is 0.850. The summed E-state index contributed by atoms with van der Waals surface area (Å²) in [6.07, 6.45) is -2.78. The van der Waals surface area contributed by atoms with E-state index in [0.29, 0.717) is 17.3 Å². The quantitative estimate of drug-likeness (QED) is 0.360. The molecule has 2 aromatic carbocycles. The Morgan fingerprint density at radius 3 is 2.65 bits per heavy atom. The van der Waals surface area contributed by atoms with Crippen LogP contribution in [-0.2, 0) is 17.5 Å². The molecular weight excluding hydrogens is 507 g/mol. The van der Waals surface area contributed by atoms with Gasteiger partial charge in [-0.25, -0.2) is 4.98 Å². The molecule has 37 heavy (non-hydrogen) atoms. The number of ether oxygens (including phenoxy) is 2. The Hall–Kier alpha value is -3.48. The van der Waals surface area contributed by atoms with Crippen molar-refractivity contribution in [3.8, 4) is 5.75 Å². The molecule has 0 bridgehead atoms. The van der Waals surface area contributed by atoms with Gasteiger partial charge in [0.25, 0.3) is 5.91 Å². The van der Waals surface area contributed by atoms with Crippen molar-refractivity contribution in [1.82, 2.24) is 19.7 Å². The van der Waals surface area contributed by atoms with Gasteiger partial charge >= 0.3 is 6.18 Å². The van der Waals surface area contributed by atoms with Crippen molar-refractivity contribution in [2.24, 2.45) is 0 Å². The van der Waals surface area contributed by atoms with Gasteiger partial charge < -0.3 is 9.47 Å². The van der Waals surface area contributed by atoms with E-state index < -0.39 is 17.6 Å². The average Bonchev–Trinajstić information content (AvgIpc) is 3.51. The number of hydrogen-bond donors (Lipinski definition) is 1. The third-order valence-corrected chi connectivity index (χ3v) is 6.79. The van der Waals surface area contributed by atoms with Crippen LogP contribution in [-0.4, -0.2) is 65.0 Å². The van der Waals surface area contributed by atoms with Crippen molar-refractivity contribution in [3.05, 3.63) is 71.5 Å². The molecule has 1 aliphatic heterocycles. The van der Waals surface area contributed by atoms with Gasteiger partial charge in [-0.3, -0.25) is 19.7 Å². The van der Waals surface area contributed by atoms with Crippen molar-refractivity contribution >= 4 is 32.6 Å². The van der Waals surface area contributed by atoms with Crippen LogP contribution in [0.3, 0.4) is 0 Å². The SMILES string of the molecule is O=C(Nc1nc2ccc(OCCN3CCOCC3)cc2s1)c1ccn(Cc2ccc(C(F)(F)F)cc2)n1. The maximum absolute atomic E-state index is 12.7. The van der Waals surface area contributed by atoms with Gasteiger partial charge in [0.15, 0.2) is 10.8 Å². The van der Waals surface area contributed by atoms with Gasteiger partial charge in [0.2, 0.25) is 0 Å². The standard InChI is InChI=1S/C25H24F3N5O3S/c26-25(27,28)18-3-1-17(2-4-18)16-33-8-7-21(31-33)23(34)30-24-29-20-6-5-19(15-22(20)37-24)36-14-11-32-9-12-35-13-10-32/h1-8,15H,9-14,16H2,(H,29,30,34). The Bertz CT molecular complexity index is 1360. The number of hydrogen-bond acceptors (Lipinski definition) is 7. The van der Waals surface area contributed by atoms with Crippen LogP contribution in [0.2, 0.25) is 0 Å². The second-order valence-electron chi connectivity index (χ2n) is 8.50. The summed E-state index contributed by atoms with van der Waals surface area (Å²) in [7, 11) is 0. The molecule has 0 radical (unpaired) electrons. The maximum atomic E-state index is 12.7. The Morgan fingerprint density at radius 1 is 1.11 bits per heavy atom. The van der Waals surface area contributed by atoms with E-state index in [0.717, 1.165) is 60.9 Å². The number of halogens is 3. The van der Waals surface area contributed by atoms with Gasteiger partial charge in [-0.1, -0.05) is 23.5 Å². The van der Waals surface area contributed by atoms with E-state index in [9.17, 15) is 18.0 Å². The second kappa shape index (κ2) is 10.9. The Balaban J connectivity index is 1.16. The van der Waals surface area contributed by atoms with E-state index in [4.69, 9.17) is 9.47 Å². The number of amides is 1. The molecule has 1 N–H and O–H groups in total. The van der Waals surface area contributed by atoms with Crippen LogP contribution in [0.25, 0.3) is 10.2 Å². The smallest absolute Gasteiger partial charge is 0.416 e. The first-order valence-electron chi connectivity index (χ1n) is 11.7. The normalized spacial score (nSPS) is 14.7. The fourth-order valence-corrected chi connectivity index (χ4v) is 4.77. The molecule has 5 rings (SSSR count). The number of thiazole rings is 1. The van der Waals surface area contributed by atoms with Crippen LogP contribution in [0.1, 0.15) is 21.6 Å². The highest BCUT2D eigenvalue weighted by Crippen LogP contribution is 2.30. The van der Waals surface area contributed by atoms with Crippen molar-refractivity contribution in [2.75, 3.05) is 44.8 Å². The highest BCUT2D eigenvalue weighted by Gasteiger charge is 2.29. The summed E-state index contributed by atoms with van der Waals surface area (Å²) >= 11 is 1.33. The number of anilines is 1. The van der Waals surface area contributed by atoms with E-state index in [1.165, 1.54) is 28.2 Å². The lowest BCUT2D eigenvalue weighted by Gasteiger charge is -2.26. The largest absolute Gasteiger partial charge is 0.492 e. The number of carbonyl (C=O) groups is 1. The summed E-state index contributed by atoms with van der Waals surface area (Å²) in [5, 5.41) is 7.44. The van der Waals surface area contributed by atoms with Crippen LogP contribution >= 0.6 is 11.3 Å². The molecule has 3 heterocycles. The van der Waals surface area contributed by atoms with E-state index >= 15 is 0 Å². The molecule has 0 spiro atoms. The predicted octanol–water partition coefficient (Wildman–Crippen LogP) is 4.52. The lowest BCUT2D eigenvalue weighted by molar-refractivity contribution is -0.137. The first kappa shape index (κ1) is 25.2. The average molecular weight is 532 g/mol. The summed E-state index contributed by atoms with van der Waals surface area (Å²) in [5.74, 6) is 0.316. The second-order valence-corrected chi connectivity index (χ2v) is 9.53.